The zero-order valence-electron chi connectivity index (χ0n) is 23.2. The molecule has 4 rings (SSSR count). The van der Waals surface area contributed by atoms with Crippen molar-refractivity contribution in [2.45, 2.75) is 68.0 Å². The van der Waals surface area contributed by atoms with Crippen LogP contribution in [0.5, 0.6) is 0 Å². The lowest BCUT2D eigenvalue weighted by atomic mass is 9.89. The maximum absolute atomic E-state index is 13.1. The van der Waals surface area contributed by atoms with Gasteiger partial charge in [-0.05, 0) is 68.5 Å². The first kappa shape index (κ1) is 35.8. The Kier molecular flexibility index (Phi) is 11.3. The van der Waals surface area contributed by atoms with Crippen molar-refractivity contribution >= 4 is 21.6 Å². The summed E-state index contributed by atoms with van der Waals surface area (Å²) >= 11 is 0. The van der Waals surface area contributed by atoms with Gasteiger partial charge in [-0.2, -0.15) is 26.3 Å². The fraction of sp³-hybridized carbons (Fsp3) is 0.464. The highest BCUT2D eigenvalue weighted by Gasteiger charge is 2.71. The number of hydrogen-bond donors (Lipinski definition) is 2. The smallest absolute Gasteiger partial charge is 0.373 e. The maximum Gasteiger partial charge on any atom is 0.430 e. The zero-order valence-corrected chi connectivity index (χ0v) is 24.0. The fourth-order valence-electron chi connectivity index (χ4n) is 4.55. The molecule has 238 valence electrons. The summed E-state index contributed by atoms with van der Waals surface area (Å²) < 4.78 is 124. The van der Waals surface area contributed by atoms with E-state index in [0.717, 1.165) is 54.1 Å². The van der Waals surface area contributed by atoms with E-state index in [1.807, 2.05) is 6.92 Å². The highest BCUT2D eigenvalue weighted by Crippen LogP contribution is 2.51. The molecule has 15 heteroatoms. The van der Waals surface area contributed by atoms with Gasteiger partial charge in [-0.25, -0.2) is 12.8 Å². The van der Waals surface area contributed by atoms with Crippen LogP contribution < -0.4 is 9.62 Å². The molecule has 0 radical (unpaired) electrons. The number of nitrogens with zero attached hydrogens (tertiary/aromatic N) is 1. The molecule has 2 aromatic rings. The molecule has 2 aliphatic heterocycles. The summed E-state index contributed by atoms with van der Waals surface area (Å²) in [5.74, 6) is -0.669. The lowest BCUT2D eigenvalue weighted by Gasteiger charge is -2.35. The molecule has 1 amide bonds. The van der Waals surface area contributed by atoms with Crippen molar-refractivity contribution in [1.29, 1.82) is 0 Å². The molecule has 1 fully saturated rings. The highest BCUT2D eigenvalue weighted by molar-refractivity contribution is 7.92. The third kappa shape index (κ3) is 7.98. The van der Waals surface area contributed by atoms with E-state index >= 15 is 0 Å². The number of rotatable bonds is 5. The van der Waals surface area contributed by atoms with E-state index in [4.69, 9.17) is 4.74 Å². The molecule has 7 nitrogen and oxygen atoms in total. The second kappa shape index (κ2) is 13.5. The Balaban J connectivity index is 0.000000415. The SMILES string of the molecule is C#C.CC(=O)NCC1(C)CCCO1.O=S(=O)(c1ccc(F)cc1)N1CCCc2cc(C(O)(C(F)(F)F)C(F)(F)F)ccc21. The first-order valence-electron chi connectivity index (χ1n) is 12.8. The van der Waals surface area contributed by atoms with Gasteiger partial charge in [0, 0.05) is 32.2 Å². The molecule has 1 atom stereocenters. The lowest BCUT2D eigenvalue weighted by Crippen LogP contribution is -2.54. The number of benzene rings is 2. The van der Waals surface area contributed by atoms with Crippen molar-refractivity contribution in [3.8, 4) is 12.8 Å². The number of amides is 1. The molecule has 0 aliphatic carbocycles. The summed E-state index contributed by atoms with van der Waals surface area (Å²) in [6, 6.07) is 5.54. The fourth-order valence-corrected chi connectivity index (χ4v) is 6.09. The number of anilines is 1. The number of carbonyl (C=O) groups excluding carboxylic acids is 1. The van der Waals surface area contributed by atoms with Crippen LogP contribution in [0.2, 0.25) is 0 Å². The Hall–Kier alpha value is -3.35. The number of fused-ring (bicyclic) bond motifs is 1. The summed E-state index contributed by atoms with van der Waals surface area (Å²) in [7, 11) is -4.24. The van der Waals surface area contributed by atoms with Gasteiger partial charge in [-0.1, -0.05) is 12.1 Å². The average Bonchev–Trinajstić information content (AvgIpc) is 3.38. The quantitative estimate of drug-likeness (QED) is 0.345. The van der Waals surface area contributed by atoms with Crippen LogP contribution >= 0.6 is 0 Å². The minimum absolute atomic E-state index is 0.00437. The van der Waals surface area contributed by atoms with Gasteiger partial charge in [0.05, 0.1) is 16.2 Å². The average molecular weight is 641 g/mol. The number of carbonyl (C=O) groups is 1. The maximum atomic E-state index is 13.1. The van der Waals surface area contributed by atoms with E-state index in [0.29, 0.717) is 18.7 Å². The van der Waals surface area contributed by atoms with Crippen LogP contribution in [-0.4, -0.2) is 57.1 Å². The lowest BCUT2D eigenvalue weighted by molar-refractivity contribution is -0.376. The van der Waals surface area contributed by atoms with E-state index in [1.54, 1.807) is 0 Å². The second-order valence-electron chi connectivity index (χ2n) is 10.00. The largest absolute Gasteiger partial charge is 0.430 e. The molecule has 0 aromatic heterocycles. The number of sulfonamides is 1. The molecule has 2 heterocycles. The zero-order chi connectivity index (χ0) is 32.9. The van der Waals surface area contributed by atoms with Crippen molar-refractivity contribution in [3.05, 3.63) is 59.4 Å². The number of alkyl halides is 6. The third-order valence-electron chi connectivity index (χ3n) is 6.81. The van der Waals surface area contributed by atoms with Crippen LogP contribution in [0, 0.1) is 18.7 Å². The van der Waals surface area contributed by atoms with Gasteiger partial charge >= 0.3 is 12.4 Å². The van der Waals surface area contributed by atoms with Gasteiger partial charge in [0.1, 0.15) is 5.82 Å². The molecular weight excluding hydrogens is 609 g/mol. The van der Waals surface area contributed by atoms with Gasteiger partial charge in [0.25, 0.3) is 15.6 Å². The second-order valence-corrected chi connectivity index (χ2v) is 11.9. The molecule has 2 aromatic carbocycles. The van der Waals surface area contributed by atoms with E-state index in [1.165, 1.54) is 6.92 Å². The molecule has 1 saturated heterocycles. The van der Waals surface area contributed by atoms with Gasteiger partial charge in [0.15, 0.2) is 0 Å². The first-order valence-corrected chi connectivity index (χ1v) is 14.3. The van der Waals surface area contributed by atoms with Gasteiger partial charge in [-0.15, -0.1) is 12.8 Å². The predicted molar refractivity (Wildman–Crippen MR) is 144 cm³/mol. The van der Waals surface area contributed by atoms with Crippen LogP contribution in [-0.2, 0) is 31.6 Å². The number of aliphatic hydroxyl groups is 1. The molecule has 43 heavy (non-hydrogen) atoms. The number of terminal acetylenes is 1. The van der Waals surface area contributed by atoms with E-state index < -0.39 is 39.4 Å². The summed E-state index contributed by atoms with van der Waals surface area (Å²) in [6.07, 6.45) is -1.82. The Morgan fingerprint density at radius 3 is 2.12 bits per heavy atom. The Labute approximate surface area is 245 Å². The van der Waals surface area contributed by atoms with Crippen LogP contribution in [0.3, 0.4) is 0 Å². The van der Waals surface area contributed by atoms with E-state index in [-0.39, 0.29) is 47.0 Å². The molecule has 0 saturated carbocycles. The third-order valence-corrected chi connectivity index (χ3v) is 8.63. The van der Waals surface area contributed by atoms with Crippen LogP contribution in [0.25, 0.3) is 0 Å². The summed E-state index contributed by atoms with van der Waals surface area (Å²) in [6.45, 7) is 4.96. The highest BCUT2D eigenvalue weighted by atomic mass is 32.2. The molecule has 1 unspecified atom stereocenters. The summed E-state index contributed by atoms with van der Waals surface area (Å²) in [4.78, 5) is 10.3. The standard InChI is InChI=1S/C18H14F7NO3S.C8H15NO2.C2H2/c19-13-4-6-14(7-5-13)30(28,29)26-9-1-2-11-10-12(3-8-15(11)26)16(27,17(20,21)22)18(23,24)25;1-7(10)9-6-8(2)4-3-5-11-8;1-2/h3-8,10,27H,1-2,9H2;3-6H2,1-2H3,(H,9,10);1-2H. The van der Waals surface area contributed by atoms with Crippen LogP contribution in [0.1, 0.15) is 44.2 Å². The number of hydrogen-bond acceptors (Lipinski definition) is 5. The van der Waals surface area contributed by atoms with Crippen molar-refractivity contribution in [2.75, 3.05) is 24.0 Å². The van der Waals surface area contributed by atoms with Crippen molar-refractivity contribution in [3.63, 3.8) is 0 Å². The summed E-state index contributed by atoms with van der Waals surface area (Å²) in [5.41, 5.74) is -6.88. The Bertz CT molecular complexity index is 1370. The minimum Gasteiger partial charge on any atom is -0.373 e. The van der Waals surface area contributed by atoms with E-state index in [2.05, 4.69) is 18.2 Å². The molecule has 0 bridgehead atoms. The monoisotopic (exact) mass is 640 g/mol. The van der Waals surface area contributed by atoms with E-state index in [9.17, 15) is 49.1 Å². The van der Waals surface area contributed by atoms with Gasteiger partial charge in [0.2, 0.25) is 5.91 Å². The molecule has 2 N–H and O–H groups in total. The minimum atomic E-state index is -6.05. The Morgan fingerprint density at radius 2 is 1.63 bits per heavy atom. The summed E-state index contributed by atoms with van der Waals surface area (Å²) in [5, 5.41) is 12.3. The van der Waals surface area contributed by atoms with Crippen LogP contribution in [0.15, 0.2) is 47.4 Å². The van der Waals surface area contributed by atoms with Crippen molar-refractivity contribution in [2.24, 2.45) is 0 Å². The number of aryl methyl sites for hydroxylation is 1. The number of nitrogens with one attached hydrogen (secondary N) is 1. The molecular formula is C28H31F7N2O5S. The topological polar surface area (TPSA) is 95.9 Å². The number of ether oxygens (including phenoxy) is 1. The first-order chi connectivity index (χ1) is 19.8. The van der Waals surface area contributed by atoms with Crippen LogP contribution in [0.4, 0.5) is 36.4 Å². The number of halogens is 7. The predicted octanol–water partition coefficient (Wildman–Crippen LogP) is 5.22. The molecule has 0 spiro atoms. The van der Waals surface area contributed by atoms with Gasteiger partial charge in [-0.3, -0.25) is 9.10 Å². The Morgan fingerprint density at radius 1 is 1.05 bits per heavy atom. The van der Waals surface area contributed by atoms with Gasteiger partial charge < -0.3 is 15.2 Å². The van der Waals surface area contributed by atoms with Crippen molar-refractivity contribution in [1.82, 2.24) is 5.32 Å². The van der Waals surface area contributed by atoms with Crippen molar-refractivity contribution < 1.29 is 53.8 Å². The normalized spacial score (nSPS) is 18.8. The molecule has 2 aliphatic rings.